The van der Waals surface area contributed by atoms with Crippen LogP contribution in [0.3, 0.4) is 0 Å². The van der Waals surface area contributed by atoms with Gasteiger partial charge in [0.15, 0.2) is 9.84 Å². The standard InChI is InChI=1S/C16H19FN4O2S/c1-11-8-15(19-13-5-3-4-12(17)9-13)20-16(18-11)21(2)14-6-7-24(22,23)10-14/h3-5,8-9,14H,6-7,10H2,1-2H3,(H,18,19,20). The van der Waals surface area contributed by atoms with Gasteiger partial charge in [-0.05, 0) is 31.5 Å². The van der Waals surface area contributed by atoms with Crippen molar-refractivity contribution in [2.45, 2.75) is 19.4 Å². The van der Waals surface area contributed by atoms with Crippen molar-refractivity contribution < 1.29 is 12.8 Å². The zero-order valence-corrected chi connectivity index (χ0v) is 14.3. The molecule has 0 radical (unpaired) electrons. The summed E-state index contributed by atoms with van der Waals surface area (Å²) in [4.78, 5) is 10.6. The third-order valence-corrected chi connectivity index (χ3v) is 5.76. The lowest BCUT2D eigenvalue weighted by Gasteiger charge is -2.24. The number of aryl methyl sites for hydroxylation is 1. The van der Waals surface area contributed by atoms with Gasteiger partial charge in [-0.25, -0.2) is 17.8 Å². The lowest BCUT2D eigenvalue weighted by atomic mass is 10.2. The summed E-state index contributed by atoms with van der Waals surface area (Å²) in [6, 6.07) is 7.74. The molecule has 6 nitrogen and oxygen atoms in total. The highest BCUT2D eigenvalue weighted by Gasteiger charge is 2.31. The maximum Gasteiger partial charge on any atom is 0.227 e. The van der Waals surface area contributed by atoms with Crippen molar-refractivity contribution in [3.8, 4) is 0 Å². The number of benzene rings is 1. The number of halogens is 1. The van der Waals surface area contributed by atoms with E-state index in [0.29, 0.717) is 23.9 Å². The van der Waals surface area contributed by atoms with Gasteiger partial charge in [0.2, 0.25) is 5.95 Å². The van der Waals surface area contributed by atoms with E-state index < -0.39 is 9.84 Å². The van der Waals surface area contributed by atoms with Crippen molar-refractivity contribution >= 4 is 27.3 Å². The topological polar surface area (TPSA) is 75.2 Å². The average Bonchev–Trinajstić information content (AvgIpc) is 2.86. The van der Waals surface area contributed by atoms with E-state index in [0.717, 1.165) is 5.69 Å². The third kappa shape index (κ3) is 3.81. The minimum Gasteiger partial charge on any atom is -0.340 e. The second kappa shape index (κ2) is 6.35. The highest BCUT2D eigenvalue weighted by atomic mass is 32.2. The molecule has 1 aliphatic heterocycles. The Morgan fingerprint density at radius 2 is 2.08 bits per heavy atom. The van der Waals surface area contributed by atoms with Crippen molar-refractivity contribution in [2.24, 2.45) is 0 Å². The molecule has 1 unspecified atom stereocenters. The van der Waals surface area contributed by atoms with E-state index in [1.165, 1.54) is 12.1 Å². The summed E-state index contributed by atoms with van der Waals surface area (Å²) >= 11 is 0. The van der Waals surface area contributed by atoms with Crippen LogP contribution in [-0.4, -0.2) is 43.0 Å². The first-order valence-electron chi connectivity index (χ1n) is 7.64. The Labute approximate surface area is 140 Å². The Kier molecular flexibility index (Phi) is 4.40. The summed E-state index contributed by atoms with van der Waals surface area (Å²) in [7, 11) is -1.18. The predicted octanol–water partition coefficient (Wildman–Crippen LogP) is 2.29. The molecule has 2 aromatic rings. The number of nitrogens with one attached hydrogen (secondary N) is 1. The average molecular weight is 350 g/mol. The van der Waals surface area contributed by atoms with Crippen molar-refractivity contribution in [1.82, 2.24) is 9.97 Å². The van der Waals surface area contributed by atoms with Crippen molar-refractivity contribution in [1.29, 1.82) is 0 Å². The molecular weight excluding hydrogens is 331 g/mol. The molecule has 1 aliphatic rings. The van der Waals surface area contributed by atoms with E-state index in [1.807, 2.05) is 6.92 Å². The Balaban J connectivity index is 1.83. The van der Waals surface area contributed by atoms with Crippen LogP contribution >= 0.6 is 0 Å². The molecule has 1 saturated heterocycles. The van der Waals surface area contributed by atoms with E-state index in [4.69, 9.17) is 0 Å². The van der Waals surface area contributed by atoms with Crippen LogP contribution in [0, 0.1) is 12.7 Å². The molecule has 0 aliphatic carbocycles. The zero-order chi connectivity index (χ0) is 17.3. The minimum atomic E-state index is -2.98. The number of sulfone groups is 1. The van der Waals surface area contributed by atoms with Crippen LogP contribution in [0.15, 0.2) is 30.3 Å². The van der Waals surface area contributed by atoms with E-state index in [2.05, 4.69) is 15.3 Å². The van der Waals surface area contributed by atoms with Gasteiger partial charge in [0.05, 0.1) is 11.5 Å². The molecule has 0 amide bonds. The van der Waals surface area contributed by atoms with Crippen LogP contribution in [0.1, 0.15) is 12.1 Å². The molecule has 0 spiro atoms. The maximum atomic E-state index is 13.3. The van der Waals surface area contributed by atoms with Crippen molar-refractivity contribution in [3.05, 3.63) is 41.8 Å². The van der Waals surface area contributed by atoms with Gasteiger partial charge >= 0.3 is 0 Å². The van der Waals surface area contributed by atoms with Crippen LogP contribution in [0.25, 0.3) is 0 Å². The summed E-state index contributed by atoms with van der Waals surface area (Å²) < 4.78 is 36.6. The molecule has 1 aromatic heterocycles. The van der Waals surface area contributed by atoms with Crippen LogP contribution < -0.4 is 10.2 Å². The van der Waals surface area contributed by atoms with Gasteiger partial charge in [-0.15, -0.1) is 0 Å². The highest BCUT2D eigenvalue weighted by Crippen LogP contribution is 2.23. The van der Waals surface area contributed by atoms with Crippen molar-refractivity contribution in [3.63, 3.8) is 0 Å². The maximum absolute atomic E-state index is 13.3. The number of nitrogens with zero attached hydrogens (tertiary/aromatic N) is 3. The summed E-state index contributed by atoms with van der Waals surface area (Å²) in [5.41, 5.74) is 1.33. The minimum absolute atomic E-state index is 0.119. The summed E-state index contributed by atoms with van der Waals surface area (Å²) in [6.45, 7) is 1.83. The molecular formula is C16H19FN4O2S. The van der Waals surface area contributed by atoms with Crippen molar-refractivity contribution in [2.75, 3.05) is 28.8 Å². The van der Waals surface area contributed by atoms with Gasteiger partial charge in [-0.2, -0.15) is 4.98 Å². The van der Waals surface area contributed by atoms with Crippen LogP contribution in [0.2, 0.25) is 0 Å². The molecule has 24 heavy (non-hydrogen) atoms. The second-order valence-corrected chi connectivity index (χ2v) is 8.23. The molecule has 1 fully saturated rings. The fourth-order valence-corrected chi connectivity index (χ4v) is 4.51. The van der Waals surface area contributed by atoms with Gasteiger partial charge in [0, 0.05) is 30.5 Å². The first kappa shape index (κ1) is 16.6. The summed E-state index contributed by atoms with van der Waals surface area (Å²) in [5, 5.41) is 3.05. The molecule has 128 valence electrons. The Morgan fingerprint density at radius 1 is 1.29 bits per heavy atom. The molecule has 1 N–H and O–H groups in total. The monoisotopic (exact) mass is 350 g/mol. The van der Waals surface area contributed by atoms with E-state index in [1.54, 1.807) is 30.1 Å². The molecule has 8 heteroatoms. The highest BCUT2D eigenvalue weighted by molar-refractivity contribution is 7.91. The number of aromatic nitrogens is 2. The van der Waals surface area contributed by atoms with E-state index in [-0.39, 0.29) is 23.4 Å². The summed E-state index contributed by atoms with van der Waals surface area (Å²) in [5.74, 6) is 0.974. The van der Waals surface area contributed by atoms with Crippen LogP contribution in [-0.2, 0) is 9.84 Å². The molecule has 3 rings (SSSR count). The molecule has 1 aromatic carbocycles. The smallest absolute Gasteiger partial charge is 0.227 e. The molecule has 2 heterocycles. The number of rotatable bonds is 4. The Morgan fingerprint density at radius 3 is 2.75 bits per heavy atom. The SMILES string of the molecule is Cc1cc(Nc2cccc(F)c2)nc(N(C)C2CCS(=O)(=O)C2)n1. The normalized spacial score (nSPS) is 19.2. The third-order valence-electron chi connectivity index (χ3n) is 4.01. The first-order valence-corrected chi connectivity index (χ1v) is 9.46. The Bertz CT molecular complexity index is 857. The van der Waals surface area contributed by atoms with Gasteiger partial charge in [-0.3, -0.25) is 0 Å². The van der Waals surface area contributed by atoms with Gasteiger partial charge in [-0.1, -0.05) is 6.07 Å². The Hall–Kier alpha value is -2.22. The van der Waals surface area contributed by atoms with Crippen LogP contribution in [0.5, 0.6) is 0 Å². The number of hydrogen-bond acceptors (Lipinski definition) is 6. The first-order chi connectivity index (χ1) is 11.3. The summed E-state index contributed by atoms with van der Waals surface area (Å²) in [6.07, 6.45) is 0.572. The number of anilines is 3. The van der Waals surface area contributed by atoms with E-state index >= 15 is 0 Å². The fourth-order valence-electron chi connectivity index (χ4n) is 2.73. The molecule has 0 bridgehead atoms. The van der Waals surface area contributed by atoms with Gasteiger partial charge in [0.1, 0.15) is 11.6 Å². The van der Waals surface area contributed by atoms with Gasteiger partial charge in [0.25, 0.3) is 0 Å². The predicted molar refractivity (Wildman–Crippen MR) is 91.9 cm³/mol. The largest absolute Gasteiger partial charge is 0.340 e. The van der Waals surface area contributed by atoms with Crippen LogP contribution in [0.4, 0.5) is 21.8 Å². The van der Waals surface area contributed by atoms with Gasteiger partial charge < -0.3 is 10.2 Å². The molecule has 1 atom stereocenters. The zero-order valence-electron chi connectivity index (χ0n) is 13.5. The quantitative estimate of drug-likeness (QED) is 0.912. The second-order valence-electron chi connectivity index (χ2n) is 6.00. The number of hydrogen-bond donors (Lipinski definition) is 1. The molecule has 0 saturated carbocycles. The lowest BCUT2D eigenvalue weighted by Crippen LogP contribution is -2.34. The fraction of sp³-hybridized carbons (Fsp3) is 0.375. The lowest BCUT2D eigenvalue weighted by molar-refractivity contribution is 0.600. The van der Waals surface area contributed by atoms with E-state index in [9.17, 15) is 12.8 Å².